The number of aryl methyl sites for hydroxylation is 1. The summed E-state index contributed by atoms with van der Waals surface area (Å²) in [5, 5.41) is 0.289. The van der Waals surface area contributed by atoms with Gasteiger partial charge in [0.25, 0.3) is 0 Å². The summed E-state index contributed by atoms with van der Waals surface area (Å²) in [7, 11) is -2.44. The normalized spacial score (nSPS) is 11.5. The molecule has 33 heavy (non-hydrogen) atoms. The minimum absolute atomic E-state index is 0.0819. The van der Waals surface area contributed by atoms with E-state index >= 15 is 0 Å². The van der Waals surface area contributed by atoms with Gasteiger partial charge < -0.3 is 14.0 Å². The second-order valence-electron chi connectivity index (χ2n) is 7.73. The molecule has 0 radical (unpaired) electrons. The minimum atomic E-state index is -4.03. The first-order valence-electron chi connectivity index (χ1n) is 10.6. The van der Waals surface area contributed by atoms with Crippen molar-refractivity contribution in [1.82, 2.24) is 4.57 Å². The van der Waals surface area contributed by atoms with E-state index in [1.54, 1.807) is 42.0 Å². The van der Waals surface area contributed by atoms with Crippen molar-refractivity contribution in [1.29, 1.82) is 0 Å². The summed E-state index contributed by atoms with van der Waals surface area (Å²) in [6, 6.07) is 19.2. The molecule has 0 saturated heterocycles. The zero-order chi connectivity index (χ0) is 23.6. The molecular formula is C26H25NO5S. The second kappa shape index (κ2) is 9.11. The van der Waals surface area contributed by atoms with E-state index < -0.39 is 15.3 Å². The molecule has 0 aliphatic rings. The van der Waals surface area contributed by atoms with E-state index in [4.69, 9.17) is 9.47 Å². The minimum Gasteiger partial charge on any atom is -0.497 e. The number of aromatic nitrogens is 1. The number of hydrogen-bond donors (Lipinski definition) is 0. The van der Waals surface area contributed by atoms with Gasteiger partial charge in [-0.2, -0.15) is 0 Å². The Morgan fingerprint density at radius 1 is 0.939 bits per heavy atom. The van der Waals surface area contributed by atoms with Crippen LogP contribution >= 0.6 is 0 Å². The number of fused-ring (bicyclic) bond motifs is 1. The third-order valence-electron chi connectivity index (χ3n) is 5.44. The molecule has 1 aromatic heterocycles. The zero-order valence-corrected chi connectivity index (χ0v) is 19.6. The smallest absolute Gasteiger partial charge is 0.211 e. The summed E-state index contributed by atoms with van der Waals surface area (Å²) in [6.07, 6.45) is 1.43. The first-order valence-corrected chi connectivity index (χ1v) is 12.1. The molecule has 4 rings (SSSR count). The van der Waals surface area contributed by atoms with Crippen LogP contribution in [0.2, 0.25) is 0 Å². The molecule has 7 heteroatoms. The maximum absolute atomic E-state index is 13.5. The van der Waals surface area contributed by atoms with E-state index in [1.807, 2.05) is 38.1 Å². The Morgan fingerprint density at radius 3 is 2.39 bits per heavy atom. The van der Waals surface area contributed by atoms with Gasteiger partial charge in [-0.3, -0.25) is 4.79 Å². The first-order chi connectivity index (χ1) is 15.8. The highest BCUT2D eigenvalue weighted by atomic mass is 32.2. The van der Waals surface area contributed by atoms with Crippen LogP contribution in [0.4, 0.5) is 0 Å². The van der Waals surface area contributed by atoms with Gasteiger partial charge in [-0.25, -0.2) is 8.42 Å². The largest absolute Gasteiger partial charge is 0.497 e. The Balaban J connectivity index is 1.95. The third kappa shape index (κ3) is 4.50. The van der Waals surface area contributed by atoms with Crippen LogP contribution in [0.15, 0.2) is 87.5 Å². The van der Waals surface area contributed by atoms with Crippen LogP contribution in [0.25, 0.3) is 10.9 Å². The molecule has 4 aromatic rings. The SMILES string of the molecule is CCOc1ccc2c(c1)c(=O)c(S(=O)(=O)c1ccc(C)cc1)cn2Cc1cccc(OC)c1. The summed E-state index contributed by atoms with van der Waals surface area (Å²) in [5.41, 5.74) is 1.92. The van der Waals surface area contributed by atoms with E-state index in [0.29, 0.717) is 30.2 Å². The topological polar surface area (TPSA) is 74.6 Å². The molecule has 0 spiro atoms. The van der Waals surface area contributed by atoms with Crippen molar-refractivity contribution in [2.24, 2.45) is 0 Å². The Bertz CT molecular complexity index is 1470. The standard InChI is InChI=1S/C26H25NO5S/c1-4-32-21-10-13-24-23(15-21)26(28)25(33(29,30)22-11-8-18(2)9-12-22)17-27(24)16-19-6-5-7-20(14-19)31-3/h5-15,17H,4,16H2,1-3H3. The highest BCUT2D eigenvalue weighted by molar-refractivity contribution is 7.91. The lowest BCUT2D eigenvalue weighted by Gasteiger charge is -2.15. The maximum Gasteiger partial charge on any atom is 0.211 e. The monoisotopic (exact) mass is 463 g/mol. The Morgan fingerprint density at radius 2 is 1.70 bits per heavy atom. The number of hydrogen-bond acceptors (Lipinski definition) is 5. The molecule has 0 saturated carbocycles. The Labute approximate surface area is 192 Å². The van der Waals surface area contributed by atoms with Crippen molar-refractivity contribution in [3.63, 3.8) is 0 Å². The van der Waals surface area contributed by atoms with Crippen molar-refractivity contribution in [3.05, 3.63) is 94.3 Å². The Hall–Kier alpha value is -3.58. The molecule has 1 heterocycles. The molecule has 3 aromatic carbocycles. The highest BCUT2D eigenvalue weighted by Gasteiger charge is 2.24. The Kier molecular flexibility index (Phi) is 6.24. The van der Waals surface area contributed by atoms with Crippen LogP contribution in [0.1, 0.15) is 18.1 Å². The lowest BCUT2D eigenvalue weighted by atomic mass is 10.1. The fourth-order valence-corrected chi connectivity index (χ4v) is 5.11. The van der Waals surface area contributed by atoms with E-state index in [2.05, 4.69) is 0 Å². The zero-order valence-electron chi connectivity index (χ0n) is 18.7. The van der Waals surface area contributed by atoms with Crippen molar-refractivity contribution < 1.29 is 17.9 Å². The van der Waals surface area contributed by atoms with Gasteiger partial charge in [0.2, 0.25) is 15.3 Å². The van der Waals surface area contributed by atoms with Gasteiger partial charge in [0.1, 0.15) is 16.4 Å². The number of nitrogens with zero attached hydrogens (tertiary/aromatic N) is 1. The number of rotatable bonds is 7. The number of benzene rings is 3. The molecule has 170 valence electrons. The highest BCUT2D eigenvalue weighted by Crippen LogP contribution is 2.25. The lowest BCUT2D eigenvalue weighted by molar-refractivity contribution is 0.340. The second-order valence-corrected chi connectivity index (χ2v) is 9.65. The summed E-state index contributed by atoms with van der Waals surface area (Å²) < 4.78 is 39.6. The van der Waals surface area contributed by atoms with E-state index in [9.17, 15) is 13.2 Å². The van der Waals surface area contributed by atoms with Crippen molar-refractivity contribution in [2.45, 2.75) is 30.2 Å². The van der Waals surface area contributed by atoms with Crippen molar-refractivity contribution in [2.75, 3.05) is 13.7 Å². The molecule has 0 atom stereocenters. The van der Waals surface area contributed by atoms with Crippen LogP contribution < -0.4 is 14.9 Å². The van der Waals surface area contributed by atoms with Gasteiger partial charge in [0, 0.05) is 12.7 Å². The summed E-state index contributed by atoms with van der Waals surface area (Å²) in [4.78, 5) is 13.2. The van der Waals surface area contributed by atoms with Crippen LogP contribution in [0.3, 0.4) is 0 Å². The maximum atomic E-state index is 13.5. The van der Waals surface area contributed by atoms with E-state index in [-0.39, 0.29) is 15.2 Å². The quantitative estimate of drug-likeness (QED) is 0.401. The van der Waals surface area contributed by atoms with Gasteiger partial charge in [0.05, 0.1) is 29.5 Å². The number of sulfone groups is 1. The van der Waals surface area contributed by atoms with Crippen molar-refractivity contribution >= 4 is 20.7 Å². The third-order valence-corrected chi connectivity index (χ3v) is 7.20. The number of ether oxygens (including phenoxy) is 2. The molecule has 0 amide bonds. The van der Waals surface area contributed by atoms with Gasteiger partial charge in [-0.05, 0) is 61.9 Å². The van der Waals surface area contributed by atoms with E-state index in [1.165, 1.54) is 18.3 Å². The van der Waals surface area contributed by atoms with Crippen molar-refractivity contribution in [3.8, 4) is 11.5 Å². The van der Waals surface area contributed by atoms with Gasteiger partial charge in [-0.1, -0.05) is 29.8 Å². The lowest BCUT2D eigenvalue weighted by Crippen LogP contribution is -2.20. The molecule has 0 fully saturated rings. The molecular weight excluding hydrogens is 438 g/mol. The summed E-state index contributed by atoms with van der Waals surface area (Å²) in [6.45, 7) is 4.52. The summed E-state index contributed by atoms with van der Waals surface area (Å²) >= 11 is 0. The molecule has 0 N–H and O–H groups in total. The van der Waals surface area contributed by atoms with Crippen LogP contribution in [-0.4, -0.2) is 26.7 Å². The first kappa shape index (κ1) is 22.6. The fraction of sp³-hybridized carbons (Fsp3) is 0.192. The molecule has 6 nitrogen and oxygen atoms in total. The molecule has 0 bridgehead atoms. The predicted octanol–water partition coefficient (Wildman–Crippen LogP) is 4.60. The average molecular weight is 464 g/mol. The number of methoxy groups -OCH3 is 1. The fourth-order valence-electron chi connectivity index (χ4n) is 3.74. The molecule has 0 aliphatic heterocycles. The van der Waals surface area contributed by atoms with Gasteiger partial charge in [0.15, 0.2) is 0 Å². The van der Waals surface area contributed by atoms with E-state index in [0.717, 1.165) is 11.1 Å². The summed E-state index contributed by atoms with van der Waals surface area (Å²) in [5.74, 6) is 1.21. The van der Waals surface area contributed by atoms with Gasteiger partial charge >= 0.3 is 0 Å². The van der Waals surface area contributed by atoms with Crippen LogP contribution in [0.5, 0.6) is 11.5 Å². The molecule has 0 aliphatic carbocycles. The predicted molar refractivity (Wildman–Crippen MR) is 128 cm³/mol. The average Bonchev–Trinajstić information content (AvgIpc) is 2.81. The van der Waals surface area contributed by atoms with Crippen LogP contribution in [0, 0.1) is 6.92 Å². The van der Waals surface area contributed by atoms with Crippen LogP contribution in [-0.2, 0) is 16.4 Å². The molecule has 0 unspecified atom stereocenters. The van der Waals surface area contributed by atoms with Gasteiger partial charge in [-0.15, -0.1) is 0 Å². The number of pyridine rings is 1.